The lowest BCUT2D eigenvalue weighted by Crippen LogP contribution is -2.47. The number of hydrogen-bond donors (Lipinski definition) is 4. The molecule has 0 bridgehead atoms. The fraction of sp³-hybridized carbons (Fsp3) is 1.00. The quantitative estimate of drug-likeness (QED) is 0.426. The van der Waals surface area contributed by atoms with Gasteiger partial charge in [0.25, 0.3) is 0 Å². The zero-order valence-electron chi connectivity index (χ0n) is 22.4. The van der Waals surface area contributed by atoms with Gasteiger partial charge in [0.15, 0.2) is 0 Å². The minimum atomic E-state index is -0.155. The zero-order chi connectivity index (χ0) is 24.6. The van der Waals surface area contributed by atoms with Crippen LogP contribution in [0.25, 0.3) is 0 Å². The van der Waals surface area contributed by atoms with Gasteiger partial charge in [0.05, 0.1) is 24.4 Å². The fourth-order valence-corrected chi connectivity index (χ4v) is 9.11. The lowest BCUT2D eigenvalue weighted by molar-refractivity contribution is -0.0720. The van der Waals surface area contributed by atoms with Gasteiger partial charge in [0, 0.05) is 0 Å². The van der Waals surface area contributed by atoms with Gasteiger partial charge in [-0.1, -0.05) is 27.7 Å². The Morgan fingerprint density at radius 2 is 0.588 bits per heavy atom. The highest BCUT2D eigenvalue weighted by Gasteiger charge is 2.48. The second kappa shape index (κ2) is 11.5. The molecule has 0 aromatic rings. The van der Waals surface area contributed by atoms with E-state index < -0.39 is 0 Å². The van der Waals surface area contributed by atoms with Crippen molar-refractivity contribution in [2.45, 2.75) is 129 Å². The van der Waals surface area contributed by atoms with E-state index in [1.165, 1.54) is 0 Å². The largest absolute Gasteiger partial charge is 0.393 e. The molecule has 0 heterocycles. The van der Waals surface area contributed by atoms with Crippen molar-refractivity contribution in [2.75, 3.05) is 0 Å². The Kier molecular flexibility index (Phi) is 9.08. The molecule has 0 radical (unpaired) electrons. The predicted octanol–water partition coefficient (Wildman–Crippen LogP) is 5.41. The molecule has 0 aromatic carbocycles. The first kappa shape index (κ1) is 26.9. The van der Waals surface area contributed by atoms with Crippen LogP contribution in [0.1, 0.15) is 105 Å². The van der Waals surface area contributed by atoms with Gasteiger partial charge in [-0.3, -0.25) is 0 Å². The van der Waals surface area contributed by atoms with Gasteiger partial charge >= 0.3 is 0 Å². The third kappa shape index (κ3) is 5.87. The molecule has 4 saturated carbocycles. The van der Waals surface area contributed by atoms with Crippen molar-refractivity contribution < 1.29 is 20.4 Å². The van der Waals surface area contributed by atoms with E-state index in [1.54, 1.807) is 0 Å². The monoisotopic (exact) mass is 478 g/mol. The molecule has 198 valence electrons. The lowest BCUT2D eigenvalue weighted by Gasteiger charge is -2.53. The molecular weight excluding hydrogens is 424 g/mol. The van der Waals surface area contributed by atoms with Gasteiger partial charge in [-0.2, -0.15) is 0 Å². The number of hydrogen-bond acceptors (Lipinski definition) is 4. The summed E-state index contributed by atoms with van der Waals surface area (Å²) in [6, 6.07) is 0. The van der Waals surface area contributed by atoms with Crippen LogP contribution in [-0.4, -0.2) is 44.8 Å². The van der Waals surface area contributed by atoms with Crippen LogP contribution in [0.3, 0.4) is 0 Å². The maximum absolute atomic E-state index is 10.5. The van der Waals surface area contributed by atoms with Gasteiger partial charge < -0.3 is 20.4 Å². The van der Waals surface area contributed by atoms with Crippen molar-refractivity contribution in [3.63, 3.8) is 0 Å². The molecule has 4 fully saturated rings. The van der Waals surface area contributed by atoms with Crippen molar-refractivity contribution >= 4 is 0 Å². The molecular formula is C30H54O4. The molecule has 0 spiro atoms. The van der Waals surface area contributed by atoms with Crippen molar-refractivity contribution in [1.82, 2.24) is 0 Å². The SMILES string of the molecule is CC1CC(C(C2CCC(O)C(C)C2)C(C2CCC(O)C(C)C2)C2CCC(O)C(C)C2)CCC1O. The minimum Gasteiger partial charge on any atom is -0.393 e. The van der Waals surface area contributed by atoms with Gasteiger partial charge in [0.1, 0.15) is 0 Å². The third-order valence-electron chi connectivity index (χ3n) is 11.3. The Bertz CT molecular complexity index is 533. The van der Waals surface area contributed by atoms with Gasteiger partial charge in [-0.25, -0.2) is 0 Å². The summed E-state index contributed by atoms with van der Waals surface area (Å²) in [5.74, 6) is 5.37. The van der Waals surface area contributed by atoms with Crippen LogP contribution < -0.4 is 0 Å². The Balaban J connectivity index is 1.67. The number of aliphatic hydroxyl groups is 4. The first-order valence-electron chi connectivity index (χ1n) is 14.9. The van der Waals surface area contributed by atoms with Crippen molar-refractivity contribution in [2.24, 2.45) is 59.2 Å². The summed E-state index contributed by atoms with van der Waals surface area (Å²) < 4.78 is 0. The first-order chi connectivity index (χ1) is 16.2. The molecule has 12 unspecified atom stereocenters. The highest BCUT2D eigenvalue weighted by atomic mass is 16.3. The van der Waals surface area contributed by atoms with E-state index >= 15 is 0 Å². The average Bonchev–Trinajstić information content (AvgIpc) is 2.80. The van der Waals surface area contributed by atoms with Crippen molar-refractivity contribution in [3.05, 3.63) is 0 Å². The molecule has 4 N–H and O–H groups in total. The van der Waals surface area contributed by atoms with Gasteiger partial charge in [0.2, 0.25) is 0 Å². The first-order valence-corrected chi connectivity index (χ1v) is 14.9. The Labute approximate surface area is 208 Å². The molecule has 0 saturated heterocycles. The molecule has 4 aliphatic rings. The van der Waals surface area contributed by atoms with E-state index in [2.05, 4.69) is 27.7 Å². The Morgan fingerprint density at radius 3 is 0.765 bits per heavy atom. The minimum absolute atomic E-state index is 0.155. The Morgan fingerprint density at radius 1 is 0.382 bits per heavy atom. The van der Waals surface area contributed by atoms with E-state index in [0.717, 1.165) is 77.0 Å². The molecule has 4 rings (SSSR count). The van der Waals surface area contributed by atoms with E-state index in [4.69, 9.17) is 0 Å². The van der Waals surface area contributed by atoms with Gasteiger partial charge in [-0.15, -0.1) is 0 Å². The van der Waals surface area contributed by atoms with Crippen LogP contribution in [0.5, 0.6) is 0 Å². The molecule has 34 heavy (non-hydrogen) atoms. The van der Waals surface area contributed by atoms with Crippen LogP contribution in [0.4, 0.5) is 0 Å². The fourth-order valence-electron chi connectivity index (χ4n) is 9.11. The highest BCUT2D eigenvalue weighted by molar-refractivity contribution is 4.98. The smallest absolute Gasteiger partial charge is 0.0566 e. The second-order valence-corrected chi connectivity index (χ2v) is 13.6. The molecule has 4 heteroatoms. The maximum Gasteiger partial charge on any atom is 0.0566 e. The van der Waals surface area contributed by atoms with E-state index in [0.29, 0.717) is 59.2 Å². The predicted molar refractivity (Wildman–Crippen MR) is 137 cm³/mol. The second-order valence-electron chi connectivity index (χ2n) is 13.6. The number of aliphatic hydroxyl groups excluding tert-OH is 4. The lowest BCUT2D eigenvalue weighted by atomic mass is 9.53. The van der Waals surface area contributed by atoms with Gasteiger partial charge in [-0.05, 0) is 136 Å². The summed E-state index contributed by atoms with van der Waals surface area (Å²) in [7, 11) is 0. The summed E-state index contributed by atoms with van der Waals surface area (Å²) in [6.45, 7) is 8.98. The van der Waals surface area contributed by atoms with Crippen LogP contribution in [0.15, 0.2) is 0 Å². The summed E-state index contributed by atoms with van der Waals surface area (Å²) in [5.41, 5.74) is 0. The molecule has 12 atom stereocenters. The summed E-state index contributed by atoms with van der Waals surface area (Å²) in [4.78, 5) is 0. The number of rotatable bonds is 5. The van der Waals surface area contributed by atoms with Crippen LogP contribution in [0.2, 0.25) is 0 Å². The maximum atomic E-state index is 10.5. The summed E-state index contributed by atoms with van der Waals surface area (Å²) in [6.07, 6.45) is 12.2. The molecule has 0 aliphatic heterocycles. The molecule has 0 aromatic heterocycles. The molecule has 0 amide bonds. The molecule has 4 aliphatic carbocycles. The third-order valence-corrected chi connectivity index (χ3v) is 11.3. The van der Waals surface area contributed by atoms with E-state index in [1.807, 2.05) is 0 Å². The molecule has 4 nitrogen and oxygen atoms in total. The standard InChI is InChI=1S/C30H54O4/c1-17-13-21(5-9-25(17)31)29(22-6-10-26(32)18(2)14-22)30(23-7-11-27(33)19(3)15-23)24-8-12-28(34)20(4)16-24/h17-34H,5-16H2,1-4H3. The van der Waals surface area contributed by atoms with E-state index in [9.17, 15) is 20.4 Å². The normalized spacial score (nSPS) is 50.5. The Hall–Kier alpha value is -0.160. The highest BCUT2D eigenvalue weighted by Crippen LogP contribution is 2.54. The van der Waals surface area contributed by atoms with E-state index in [-0.39, 0.29) is 24.4 Å². The van der Waals surface area contributed by atoms with Crippen molar-refractivity contribution in [1.29, 1.82) is 0 Å². The summed E-state index contributed by atoms with van der Waals surface area (Å²) >= 11 is 0. The van der Waals surface area contributed by atoms with Crippen molar-refractivity contribution in [3.8, 4) is 0 Å². The van der Waals surface area contributed by atoms with Crippen LogP contribution in [-0.2, 0) is 0 Å². The van der Waals surface area contributed by atoms with Crippen LogP contribution >= 0.6 is 0 Å². The average molecular weight is 479 g/mol. The topological polar surface area (TPSA) is 80.9 Å². The summed E-state index contributed by atoms with van der Waals surface area (Å²) in [5, 5.41) is 42.2. The zero-order valence-corrected chi connectivity index (χ0v) is 22.4. The van der Waals surface area contributed by atoms with Crippen LogP contribution in [0, 0.1) is 59.2 Å².